The normalized spacial score (nSPS) is 12.8. The van der Waals surface area contributed by atoms with Crippen molar-refractivity contribution >= 4 is 17.0 Å². The van der Waals surface area contributed by atoms with E-state index in [0.717, 1.165) is 23.3 Å². The molecule has 0 amide bonds. The molecule has 0 radical (unpaired) electrons. The number of imidazole rings is 1. The molecule has 5 heteroatoms. The lowest BCUT2D eigenvalue weighted by Crippen LogP contribution is -2.32. The van der Waals surface area contributed by atoms with Crippen LogP contribution >= 0.6 is 0 Å². The Morgan fingerprint density at radius 1 is 1.47 bits per heavy atom. The van der Waals surface area contributed by atoms with Crippen molar-refractivity contribution < 1.29 is 14.6 Å². The highest BCUT2D eigenvalue weighted by atomic mass is 16.5. The van der Waals surface area contributed by atoms with E-state index in [1.165, 1.54) is 0 Å². The second kappa shape index (κ2) is 5.30. The van der Waals surface area contributed by atoms with Crippen molar-refractivity contribution in [2.45, 2.75) is 33.3 Å². The lowest BCUT2D eigenvalue weighted by molar-refractivity contribution is -0.147. The molecule has 1 aromatic heterocycles. The maximum absolute atomic E-state index is 11.1. The zero-order valence-electron chi connectivity index (χ0n) is 11.3. The number of nitrogens with one attached hydrogen (secondary N) is 1. The number of benzene rings is 1. The van der Waals surface area contributed by atoms with Crippen molar-refractivity contribution in [1.82, 2.24) is 9.97 Å². The van der Waals surface area contributed by atoms with Gasteiger partial charge in [0.05, 0.1) is 11.0 Å². The highest BCUT2D eigenvalue weighted by molar-refractivity contribution is 5.77. The number of aryl methyl sites for hydroxylation is 1. The number of fused-ring (bicyclic) bond motifs is 1. The van der Waals surface area contributed by atoms with E-state index in [-0.39, 0.29) is 5.92 Å². The van der Waals surface area contributed by atoms with Crippen molar-refractivity contribution in [2.75, 3.05) is 0 Å². The van der Waals surface area contributed by atoms with Crippen LogP contribution in [0, 0.1) is 5.92 Å². The SMILES string of the molecule is CCc1nc2ccc(OC(C(=O)O)C(C)C)cc2[nH]1. The van der Waals surface area contributed by atoms with Crippen molar-refractivity contribution in [3.8, 4) is 5.75 Å². The van der Waals surface area contributed by atoms with Crippen LogP contribution in [0.25, 0.3) is 11.0 Å². The summed E-state index contributed by atoms with van der Waals surface area (Å²) in [5.74, 6) is 0.404. The van der Waals surface area contributed by atoms with Crippen LogP contribution in [0.4, 0.5) is 0 Å². The van der Waals surface area contributed by atoms with Crippen molar-refractivity contribution in [2.24, 2.45) is 5.92 Å². The molecule has 0 fully saturated rings. The fraction of sp³-hybridized carbons (Fsp3) is 0.429. The van der Waals surface area contributed by atoms with E-state index in [2.05, 4.69) is 9.97 Å². The third-order valence-corrected chi connectivity index (χ3v) is 2.95. The van der Waals surface area contributed by atoms with Gasteiger partial charge in [0.15, 0.2) is 6.10 Å². The van der Waals surface area contributed by atoms with Crippen LogP contribution in [-0.4, -0.2) is 27.1 Å². The molecule has 1 aromatic carbocycles. The van der Waals surface area contributed by atoms with Gasteiger partial charge in [-0.15, -0.1) is 0 Å². The van der Waals surface area contributed by atoms with Crippen LogP contribution in [0.5, 0.6) is 5.75 Å². The molecule has 0 aliphatic heterocycles. The molecule has 0 aliphatic rings. The molecule has 1 atom stereocenters. The van der Waals surface area contributed by atoms with Crippen LogP contribution in [0.1, 0.15) is 26.6 Å². The Kier molecular flexibility index (Phi) is 3.74. The van der Waals surface area contributed by atoms with Gasteiger partial charge in [-0.2, -0.15) is 0 Å². The molecule has 2 aromatic rings. The Labute approximate surface area is 111 Å². The smallest absolute Gasteiger partial charge is 0.345 e. The van der Waals surface area contributed by atoms with Crippen molar-refractivity contribution in [3.63, 3.8) is 0 Å². The minimum absolute atomic E-state index is 0.0961. The van der Waals surface area contributed by atoms with Crippen LogP contribution in [0.15, 0.2) is 18.2 Å². The minimum atomic E-state index is -0.950. The van der Waals surface area contributed by atoms with Gasteiger partial charge in [-0.3, -0.25) is 0 Å². The molecular weight excluding hydrogens is 244 g/mol. The summed E-state index contributed by atoms with van der Waals surface area (Å²) in [6.45, 7) is 5.67. The molecule has 2 N–H and O–H groups in total. The Morgan fingerprint density at radius 3 is 2.79 bits per heavy atom. The van der Waals surface area contributed by atoms with E-state index < -0.39 is 12.1 Å². The standard InChI is InChI=1S/C14H18N2O3/c1-4-12-15-10-6-5-9(7-11(10)16-12)19-13(8(2)3)14(17)18/h5-8,13H,4H2,1-3H3,(H,15,16)(H,17,18). The lowest BCUT2D eigenvalue weighted by atomic mass is 10.1. The fourth-order valence-electron chi connectivity index (χ4n) is 1.90. The predicted molar refractivity (Wildman–Crippen MR) is 72.4 cm³/mol. The molecule has 5 nitrogen and oxygen atoms in total. The number of rotatable bonds is 5. The van der Waals surface area contributed by atoms with Crippen LogP contribution < -0.4 is 4.74 Å². The number of aromatic nitrogens is 2. The summed E-state index contributed by atoms with van der Waals surface area (Å²) in [7, 11) is 0. The predicted octanol–water partition coefficient (Wildman–Crippen LogP) is 2.61. The summed E-state index contributed by atoms with van der Waals surface area (Å²) in [5.41, 5.74) is 1.72. The van der Waals surface area contributed by atoms with Gasteiger partial charge in [0.25, 0.3) is 0 Å². The van der Waals surface area contributed by atoms with Gasteiger partial charge in [0.1, 0.15) is 11.6 Å². The summed E-state index contributed by atoms with van der Waals surface area (Å²) in [4.78, 5) is 18.7. The molecule has 0 saturated carbocycles. The molecule has 1 unspecified atom stereocenters. The number of hydrogen-bond donors (Lipinski definition) is 2. The number of aromatic amines is 1. The zero-order valence-corrected chi connectivity index (χ0v) is 11.3. The third-order valence-electron chi connectivity index (χ3n) is 2.95. The second-order valence-electron chi connectivity index (χ2n) is 4.84. The monoisotopic (exact) mass is 262 g/mol. The third kappa shape index (κ3) is 2.86. The molecule has 0 saturated heterocycles. The second-order valence-corrected chi connectivity index (χ2v) is 4.84. The first-order chi connectivity index (χ1) is 9.01. The van der Waals surface area contributed by atoms with Gasteiger partial charge in [0.2, 0.25) is 0 Å². The molecule has 0 aliphatic carbocycles. The number of carboxylic acid groups (broad SMARTS) is 1. The van der Waals surface area contributed by atoms with Gasteiger partial charge in [0, 0.05) is 18.4 Å². The van der Waals surface area contributed by atoms with E-state index in [1.807, 2.05) is 26.8 Å². The molecular formula is C14H18N2O3. The Balaban J connectivity index is 2.27. The Morgan fingerprint density at radius 2 is 2.21 bits per heavy atom. The number of ether oxygens (including phenoxy) is 1. The fourth-order valence-corrected chi connectivity index (χ4v) is 1.90. The maximum Gasteiger partial charge on any atom is 0.345 e. The van der Waals surface area contributed by atoms with Gasteiger partial charge >= 0.3 is 5.97 Å². The van der Waals surface area contributed by atoms with E-state index in [9.17, 15) is 4.79 Å². The lowest BCUT2D eigenvalue weighted by Gasteiger charge is -2.18. The molecule has 102 valence electrons. The van der Waals surface area contributed by atoms with E-state index in [0.29, 0.717) is 5.75 Å². The topological polar surface area (TPSA) is 75.2 Å². The Hall–Kier alpha value is -2.04. The molecule has 1 heterocycles. The number of carbonyl (C=O) groups is 1. The Bertz CT molecular complexity index is 589. The molecule has 19 heavy (non-hydrogen) atoms. The summed E-state index contributed by atoms with van der Waals surface area (Å²) in [6, 6.07) is 5.38. The number of carboxylic acids is 1. The highest BCUT2D eigenvalue weighted by Gasteiger charge is 2.23. The maximum atomic E-state index is 11.1. The quantitative estimate of drug-likeness (QED) is 0.868. The average molecular weight is 262 g/mol. The van der Waals surface area contributed by atoms with Crippen LogP contribution in [0.2, 0.25) is 0 Å². The van der Waals surface area contributed by atoms with E-state index in [4.69, 9.17) is 9.84 Å². The highest BCUT2D eigenvalue weighted by Crippen LogP contribution is 2.22. The molecule has 0 bridgehead atoms. The van der Waals surface area contributed by atoms with Crippen molar-refractivity contribution in [1.29, 1.82) is 0 Å². The van der Waals surface area contributed by atoms with Crippen molar-refractivity contribution in [3.05, 3.63) is 24.0 Å². The zero-order chi connectivity index (χ0) is 14.0. The summed E-state index contributed by atoms with van der Waals surface area (Å²) in [5, 5.41) is 9.12. The van der Waals surface area contributed by atoms with Gasteiger partial charge in [-0.1, -0.05) is 20.8 Å². The van der Waals surface area contributed by atoms with Crippen LogP contribution in [-0.2, 0) is 11.2 Å². The van der Waals surface area contributed by atoms with Gasteiger partial charge < -0.3 is 14.8 Å². The number of H-pyrrole nitrogens is 1. The molecule has 0 spiro atoms. The van der Waals surface area contributed by atoms with Gasteiger partial charge in [-0.25, -0.2) is 9.78 Å². The largest absolute Gasteiger partial charge is 0.478 e. The summed E-state index contributed by atoms with van der Waals surface area (Å²) in [6.07, 6.45) is -0.0137. The number of hydrogen-bond acceptors (Lipinski definition) is 3. The first-order valence-corrected chi connectivity index (χ1v) is 6.39. The van der Waals surface area contributed by atoms with E-state index >= 15 is 0 Å². The van der Waals surface area contributed by atoms with E-state index in [1.54, 1.807) is 12.1 Å². The van der Waals surface area contributed by atoms with Crippen LogP contribution in [0.3, 0.4) is 0 Å². The minimum Gasteiger partial charge on any atom is -0.478 e. The first kappa shape index (κ1) is 13.4. The summed E-state index contributed by atoms with van der Waals surface area (Å²) < 4.78 is 5.54. The first-order valence-electron chi connectivity index (χ1n) is 6.39. The number of nitrogens with zero attached hydrogens (tertiary/aromatic N) is 1. The average Bonchev–Trinajstić information content (AvgIpc) is 2.77. The summed E-state index contributed by atoms with van der Waals surface area (Å²) >= 11 is 0. The van der Waals surface area contributed by atoms with Gasteiger partial charge in [-0.05, 0) is 12.1 Å². The molecule has 2 rings (SSSR count). The number of aliphatic carboxylic acids is 1.